The average Bonchev–Trinajstić information content (AvgIpc) is 2.65. The maximum atomic E-state index is 11.5. The molecule has 1 aromatic heterocycles. The standard InChI is InChI=1S/C10H16N2OS.ClH/c1-8(2)12(10(13)6-11)7-9-4-3-5-14-9;/h3-5,8H,6-7,11H2,1-2H3;1H. The van der Waals surface area contributed by atoms with Crippen LogP contribution in [-0.2, 0) is 11.3 Å². The molecule has 0 saturated heterocycles. The van der Waals surface area contributed by atoms with Crippen molar-refractivity contribution in [2.24, 2.45) is 5.73 Å². The number of rotatable bonds is 4. The summed E-state index contributed by atoms with van der Waals surface area (Å²) in [4.78, 5) is 14.5. The SMILES string of the molecule is CC(C)N(Cc1cccs1)C(=O)CN.Cl. The lowest BCUT2D eigenvalue weighted by Gasteiger charge is -2.25. The molecule has 1 rings (SSSR count). The third-order valence-corrected chi connectivity index (χ3v) is 2.89. The first-order chi connectivity index (χ1) is 6.65. The van der Waals surface area contributed by atoms with Crippen molar-refractivity contribution in [2.45, 2.75) is 26.4 Å². The van der Waals surface area contributed by atoms with E-state index in [0.717, 1.165) is 0 Å². The molecule has 3 nitrogen and oxygen atoms in total. The van der Waals surface area contributed by atoms with E-state index in [9.17, 15) is 4.79 Å². The van der Waals surface area contributed by atoms with E-state index in [2.05, 4.69) is 0 Å². The van der Waals surface area contributed by atoms with Gasteiger partial charge < -0.3 is 10.6 Å². The van der Waals surface area contributed by atoms with Crippen molar-refractivity contribution >= 4 is 29.7 Å². The highest BCUT2D eigenvalue weighted by Crippen LogP contribution is 2.13. The zero-order valence-corrected chi connectivity index (χ0v) is 10.6. The van der Waals surface area contributed by atoms with Gasteiger partial charge >= 0.3 is 0 Å². The number of amides is 1. The smallest absolute Gasteiger partial charge is 0.236 e. The summed E-state index contributed by atoms with van der Waals surface area (Å²) < 4.78 is 0. The van der Waals surface area contributed by atoms with E-state index in [1.165, 1.54) is 4.88 Å². The van der Waals surface area contributed by atoms with Crippen LogP contribution in [0.5, 0.6) is 0 Å². The van der Waals surface area contributed by atoms with Crippen molar-refractivity contribution in [2.75, 3.05) is 6.54 Å². The number of halogens is 1. The molecule has 0 aliphatic rings. The van der Waals surface area contributed by atoms with Gasteiger partial charge in [0.05, 0.1) is 13.1 Å². The highest BCUT2D eigenvalue weighted by Gasteiger charge is 2.15. The van der Waals surface area contributed by atoms with Crippen LogP contribution in [0.25, 0.3) is 0 Å². The lowest BCUT2D eigenvalue weighted by atomic mass is 10.3. The van der Waals surface area contributed by atoms with Gasteiger partial charge in [0.1, 0.15) is 0 Å². The molecule has 0 aliphatic heterocycles. The van der Waals surface area contributed by atoms with Crippen molar-refractivity contribution < 1.29 is 4.79 Å². The monoisotopic (exact) mass is 248 g/mol. The Balaban J connectivity index is 0.00000196. The van der Waals surface area contributed by atoms with E-state index in [-0.39, 0.29) is 30.9 Å². The number of carbonyl (C=O) groups is 1. The van der Waals surface area contributed by atoms with Crippen LogP contribution >= 0.6 is 23.7 Å². The van der Waals surface area contributed by atoms with Crippen LogP contribution in [0.3, 0.4) is 0 Å². The van der Waals surface area contributed by atoms with E-state index in [4.69, 9.17) is 5.73 Å². The van der Waals surface area contributed by atoms with Crippen molar-refractivity contribution in [3.63, 3.8) is 0 Å². The molecule has 5 heteroatoms. The Labute approximate surface area is 101 Å². The second-order valence-corrected chi connectivity index (χ2v) is 4.43. The van der Waals surface area contributed by atoms with Gasteiger partial charge in [-0.05, 0) is 25.3 Å². The van der Waals surface area contributed by atoms with Gasteiger partial charge in [0.15, 0.2) is 0 Å². The van der Waals surface area contributed by atoms with Gasteiger partial charge in [-0.25, -0.2) is 0 Å². The number of nitrogens with zero attached hydrogens (tertiary/aromatic N) is 1. The van der Waals surface area contributed by atoms with Crippen LogP contribution in [0.2, 0.25) is 0 Å². The van der Waals surface area contributed by atoms with E-state index in [0.29, 0.717) is 6.54 Å². The third kappa shape index (κ3) is 4.20. The molecule has 0 saturated carbocycles. The predicted octanol–water partition coefficient (Wildman–Crippen LogP) is 1.87. The van der Waals surface area contributed by atoms with Gasteiger partial charge in [-0.1, -0.05) is 6.07 Å². The molecule has 0 unspecified atom stereocenters. The van der Waals surface area contributed by atoms with Crippen LogP contribution in [0.15, 0.2) is 17.5 Å². The van der Waals surface area contributed by atoms with Gasteiger partial charge in [0, 0.05) is 10.9 Å². The summed E-state index contributed by atoms with van der Waals surface area (Å²) >= 11 is 1.66. The van der Waals surface area contributed by atoms with Gasteiger partial charge in [-0.2, -0.15) is 0 Å². The van der Waals surface area contributed by atoms with Gasteiger partial charge in [-0.15, -0.1) is 23.7 Å². The Kier molecular flexibility index (Phi) is 6.56. The summed E-state index contributed by atoms with van der Waals surface area (Å²) in [6.45, 7) is 4.76. The molecular weight excluding hydrogens is 232 g/mol. The molecular formula is C10H17ClN2OS. The molecule has 15 heavy (non-hydrogen) atoms. The summed E-state index contributed by atoms with van der Waals surface area (Å²) in [6.07, 6.45) is 0. The third-order valence-electron chi connectivity index (χ3n) is 2.02. The van der Waals surface area contributed by atoms with Gasteiger partial charge in [0.2, 0.25) is 5.91 Å². The van der Waals surface area contributed by atoms with Crippen LogP contribution in [-0.4, -0.2) is 23.4 Å². The Morgan fingerprint density at radius 2 is 2.27 bits per heavy atom. The highest BCUT2D eigenvalue weighted by molar-refractivity contribution is 7.09. The molecule has 1 heterocycles. The molecule has 0 bridgehead atoms. The summed E-state index contributed by atoms with van der Waals surface area (Å²) in [5.41, 5.74) is 5.35. The quantitative estimate of drug-likeness (QED) is 0.884. The second-order valence-electron chi connectivity index (χ2n) is 3.40. The fourth-order valence-corrected chi connectivity index (χ4v) is 1.95. The summed E-state index contributed by atoms with van der Waals surface area (Å²) in [7, 11) is 0. The number of carbonyl (C=O) groups excluding carboxylic acids is 1. The normalized spacial score (nSPS) is 9.87. The molecule has 0 spiro atoms. The van der Waals surface area contributed by atoms with Gasteiger partial charge in [-0.3, -0.25) is 4.79 Å². The Bertz CT molecular complexity index is 288. The van der Waals surface area contributed by atoms with Crippen molar-refractivity contribution in [1.82, 2.24) is 4.90 Å². The van der Waals surface area contributed by atoms with Crippen molar-refractivity contribution in [1.29, 1.82) is 0 Å². The second kappa shape index (κ2) is 6.82. The lowest BCUT2D eigenvalue weighted by Crippen LogP contribution is -2.40. The number of hydrogen-bond acceptors (Lipinski definition) is 3. The van der Waals surface area contributed by atoms with E-state index >= 15 is 0 Å². The van der Waals surface area contributed by atoms with Crippen LogP contribution < -0.4 is 5.73 Å². The largest absolute Gasteiger partial charge is 0.334 e. The first-order valence-corrected chi connectivity index (χ1v) is 5.55. The fraction of sp³-hybridized carbons (Fsp3) is 0.500. The van der Waals surface area contributed by atoms with Crippen LogP contribution in [0.1, 0.15) is 18.7 Å². The first kappa shape index (κ1) is 14.4. The molecule has 0 radical (unpaired) electrons. The number of hydrogen-bond donors (Lipinski definition) is 1. The average molecular weight is 249 g/mol. The first-order valence-electron chi connectivity index (χ1n) is 4.67. The molecule has 0 aromatic carbocycles. The van der Waals surface area contributed by atoms with Crippen molar-refractivity contribution in [3.05, 3.63) is 22.4 Å². The lowest BCUT2D eigenvalue weighted by molar-refractivity contribution is -0.131. The van der Waals surface area contributed by atoms with Crippen LogP contribution in [0.4, 0.5) is 0 Å². The van der Waals surface area contributed by atoms with Crippen LogP contribution in [0, 0.1) is 0 Å². The fourth-order valence-electron chi connectivity index (χ4n) is 1.25. The molecule has 1 aromatic rings. The number of thiophene rings is 1. The predicted molar refractivity (Wildman–Crippen MR) is 66.3 cm³/mol. The molecule has 0 fully saturated rings. The molecule has 0 atom stereocenters. The maximum Gasteiger partial charge on any atom is 0.236 e. The van der Waals surface area contributed by atoms with E-state index in [1.54, 1.807) is 16.2 Å². The molecule has 86 valence electrons. The minimum Gasteiger partial charge on any atom is -0.334 e. The molecule has 0 aliphatic carbocycles. The van der Waals surface area contributed by atoms with E-state index < -0.39 is 0 Å². The Hall–Kier alpha value is -0.580. The molecule has 1 amide bonds. The topological polar surface area (TPSA) is 46.3 Å². The Morgan fingerprint density at radius 3 is 2.67 bits per heavy atom. The minimum absolute atomic E-state index is 0. The van der Waals surface area contributed by atoms with Gasteiger partial charge in [0.25, 0.3) is 0 Å². The zero-order chi connectivity index (χ0) is 10.6. The zero-order valence-electron chi connectivity index (χ0n) is 8.97. The summed E-state index contributed by atoms with van der Waals surface area (Å²) in [5.74, 6) is 0.00778. The molecule has 2 N–H and O–H groups in total. The minimum atomic E-state index is 0. The maximum absolute atomic E-state index is 11.5. The van der Waals surface area contributed by atoms with Crippen molar-refractivity contribution in [3.8, 4) is 0 Å². The Morgan fingerprint density at radius 1 is 1.60 bits per heavy atom. The highest BCUT2D eigenvalue weighted by atomic mass is 35.5. The summed E-state index contributed by atoms with van der Waals surface area (Å²) in [5, 5.41) is 2.01. The summed E-state index contributed by atoms with van der Waals surface area (Å²) in [6, 6.07) is 4.23. The van der Waals surface area contributed by atoms with E-state index in [1.807, 2.05) is 31.4 Å². The number of nitrogens with two attached hydrogens (primary N) is 1.